The minimum atomic E-state index is -0.491. The molecule has 0 aromatic rings. The van der Waals surface area contributed by atoms with Crippen LogP contribution in [0.25, 0.3) is 0 Å². The first kappa shape index (κ1) is 16.8. The third kappa shape index (κ3) is 5.02. The normalized spacial score (nSPS) is 22.8. The molecule has 0 saturated carbocycles. The van der Waals surface area contributed by atoms with Crippen molar-refractivity contribution in [3.63, 3.8) is 0 Å². The van der Waals surface area contributed by atoms with Crippen molar-refractivity contribution in [3.8, 4) is 0 Å². The van der Waals surface area contributed by atoms with Gasteiger partial charge in [-0.15, -0.1) is 0 Å². The molecule has 1 aliphatic heterocycles. The highest BCUT2D eigenvalue weighted by atomic mass is 16.6. The lowest BCUT2D eigenvalue weighted by Crippen LogP contribution is -2.41. The first-order valence-electron chi connectivity index (χ1n) is 7.40. The van der Waals surface area contributed by atoms with Crippen LogP contribution in [-0.4, -0.2) is 41.8 Å². The standard InChI is InChI=1S/C15H27NO4/c1-6-19-13(17)8-7-12-11(2)9-10-16(12)14(18)20-15(3,4)5/h11-12H,6-10H2,1-5H3. The van der Waals surface area contributed by atoms with E-state index in [1.54, 1.807) is 11.8 Å². The summed E-state index contributed by atoms with van der Waals surface area (Å²) in [5.74, 6) is 0.188. The molecular formula is C15H27NO4. The van der Waals surface area contributed by atoms with Gasteiger partial charge < -0.3 is 14.4 Å². The van der Waals surface area contributed by atoms with E-state index in [0.717, 1.165) is 6.42 Å². The van der Waals surface area contributed by atoms with Gasteiger partial charge in [-0.2, -0.15) is 0 Å². The molecule has 1 aliphatic rings. The second-order valence-corrected chi connectivity index (χ2v) is 6.35. The van der Waals surface area contributed by atoms with Crippen molar-refractivity contribution in [1.82, 2.24) is 4.90 Å². The Kier molecular flexibility index (Phi) is 5.84. The van der Waals surface area contributed by atoms with Crippen LogP contribution < -0.4 is 0 Å². The Labute approximate surface area is 121 Å². The highest BCUT2D eigenvalue weighted by Gasteiger charge is 2.36. The van der Waals surface area contributed by atoms with Crippen LogP contribution in [0, 0.1) is 5.92 Å². The molecule has 1 fully saturated rings. The van der Waals surface area contributed by atoms with Crippen LogP contribution >= 0.6 is 0 Å². The van der Waals surface area contributed by atoms with Gasteiger partial charge in [0, 0.05) is 19.0 Å². The number of ether oxygens (including phenoxy) is 2. The first-order valence-corrected chi connectivity index (χ1v) is 7.40. The molecule has 0 bridgehead atoms. The van der Waals surface area contributed by atoms with Crippen molar-refractivity contribution < 1.29 is 19.1 Å². The summed E-state index contributed by atoms with van der Waals surface area (Å²) >= 11 is 0. The number of hydrogen-bond acceptors (Lipinski definition) is 4. The van der Waals surface area contributed by atoms with E-state index in [-0.39, 0.29) is 18.1 Å². The van der Waals surface area contributed by atoms with Crippen LogP contribution in [0.2, 0.25) is 0 Å². The summed E-state index contributed by atoms with van der Waals surface area (Å²) in [5, 5.41) is 0. The van der Waals surface area contributed by atoms with Crippen molar-refractivity contribution in [3.05, 3.63) is 0 Å². The second-order valence-electron chi connectivity index (χ2n) is 6.35. The van der Waals surface area contributed by atoms with Gasteiger partial charge in [-0.05, 0) is 46.5 Å². The van der Waals surface area contributed by atoms with Crippen molar-refractivity contribution in [2.75, 3.05) is 13.2 Å². The Morgan fingerprint density at radius 2 is 1.95 bits per heavy atom. The van der Waals surface area contributed by atoms with Crippen LogP contribution in [0.5, 0.6) is 0 Å². The molecular weight excluding hydrogens is 258 g/mol. The lowest BCUT2D eigenvalue weighted by Gasteiger charge is -2.29. The van der Waals surface area contributed by atoms with Gasteiger partial charge >= 0.3 is 12.1 Å². The Hall–Kier alpha value is -1.26. The fourth-order valence-corrected chi connectivity index (χ4v) is 2.49. The number of amides is 1. The van der Waals surface area contributed by atoms with Gasteiger partial charge in [-0.1, -0.05) is 6.92 Å². The molecule has 0 aromatic heterocycles. The minimum absolute atomic E-state index is 0.0641. The van der Waals surface area contributed by atoms with Gasteiger partial charge in [0.1, 0.15) is 5.60 Å². The average molecular weight is 285 g/mol. The Balaban J connectivity index is 2.57. The summed E-state index contributed by atoms with van der Waals surface area (Å²) in [6.45, 7) is 10.6. The van der Waals surface area contributed by atoms with Gasteiger partial charge in [0.2, 0.25) is 0 Å². The molecule has 2 unspecified atom stereocenters. The quantitative estimate of drug-likeness (QED) is 0.745. The third-order valence-electron chi connectivity index (χ3n) is 3.46. The topological polar surface area (TPSA) is 55.8 Å². The second kappa shape index (κ2) is 6.95. The molecule has 5 heteroatoms. The lowest BCUT2D eigenvalue weighted by atomic mass is 9.98. The maximum absolute atomic E-state index is 12.2. The molecule has 0 N–H and O–H groups in total. The molecule has 1 saturated heterocycles. The van der Waals surface area contributed by atoms with Gasteiger partial charge in [0.15, 0.2) is 0 Å². The molecule has 5 nitrogen and oxygen atoms in total. The van der Waals surface area contributed by atoms with E-state index >= 15 is 0 Å². The number of carbonyl (C=O) groups is 2. The number of hydrogen-bond donors (Lipinski definition) is 0. The Morgan fingerprint density at radius 1 is 1.30 bits per heavy atom. The summed E-state index contributed by atoms with van der Waals surface area (Å²) in [5.41, 5.74) is -0.491. The molecule has 0 aromatic carbocycles. The first-order chi connectivity index (χ1) is 9.24. The lowest BCUT2D eigenvalue weighted by molar-refractivity contribution is -0.143. The third-order valence-corrected chi connectivity index (χ3v) is 3.46. The molecule has 0 spiro atoms. The van der Waals surface area contributed by atoms with Gasteiger partial charge in [0.25, 0.3) is 0 Å². The van der Waals surface area contributed by atoms with Crippen LogP contribution in [0.15, 0.2) is 0 Å². The average Bonchev–Trinajstić information content (AvgIpc) is 2.66. The largest absolute Gasteiger partial charge is 0.466 e. The maximum atomic E-state index is 12.2. The number of rotatable bonds is 4. The minimum Gasteiger partial charge on any atom is -0.466 e. The predicted molar refractivity (Wildman–Crippen MR) is 76.4 cm³/mol. The molecule has 0 aliphatic carbocycles. The molecule has 20 heavy (non-hydrogen) atoms. The van der Waals surface area contributed by atoms with E-state index in [4.69, 9.17) is 9.47 Å². The maximum Gasteiger partial charge on any atom is 0.410 e. The number of esters is 1. The molecule has 116 valence electrons. The summed E-state index contributed by atoms with van der Waals surface area (Å²) in [6, 6.07) is 0.0641. The molecule has 1 amide bonds. The van der Waals surface area contributed by atoms with E-state index in [9.17, 15) is 9.59 Å². The van der Waals surface area contributed by atoms with Crippen molar-refractivity contribution in [2.45, 2.75) is 65.5 Å². The van der Waals surface area contributed by atoms with E-state index in [0.29, 0.717) is 31.9 Å². The molecule has 0 radical (unpaired) electrons. The SMILES string of the molecule is CCOC(=O)CCC1C(C)CCN1C(=O)OC(C)(C)C. The van der Waals surface area contributed by atoms with E-state index < -0.39 is 5.60 Å². The summed E-state index contributed by atoms with van der Waals surface area (Å²) in [6.07, 6.45) is 1.66. The van der Waals surface area contributed by atoms with Crippen LogP contribution in [0.1, 0.15) is 53.9 Å². The van der Waals surface area contributed by atoms with Crippen LogP contribution in [0.4, 0.5) is 4.79 Å². The predicted octanol–water partition coefficient (Wildman–Crippen LogP) is 2.98. The van der Waals surface area contributed by atoms with Gasteiger partial charge in [0.05, 0.1) is 6.61 Å². The smallest absolute Gasteiger partial charge is 0.410 e. The zero-order valence-electron chi connectivity index (χ0n) is 13.3. The zero-order chi connectivity index (χ0) is 15.3. The summed E-state index contributed by atoms with van der Waals surface area (Å²) in [4.78, 5) is 25.4. The van der Waals surface area contributed by atoms with Gasteiger partial charge in [-0.25, -0.2) is 4.79 Å². The monoisotopic (exact) mass is 285 g/mol. The fourth-order valence-electron chi connectivity index (χ4n) is 2.49. The number of nitrogens with zero attached hydrogens (tertiary/aromatic N) is 1. The fraction of sp³-hybridized carbons (Fsp3) is 0.867. The molecule has 1 rings (SSSR count). The zero-order valence-corrected chi connectivity index (χ0v) is 13.3. The molecule has 1 heterocycles. The van der Waals surface area contributed by atoms with E-state index in [2.05, 4.69) is 6.92 Å². The van der Waals surface area contributed by atoms with Crippen molar-refractivity contribution >= 4 is 12.1 Å². The highest BCUT2D eigenvalue weighted by Crippen LogP contribution is 2.29. The van der Waals surface area contributed by atoms with Crippen molar-refractivity contribution in [2.24, 2.45) is 5.92 Å². The number of carbonyl (C=O) groups excluding carboxylic acids is 2. The summed E-state index contributed by atoms with van der Waals surface area (Å²) < 4.78 is 10.4. The van der Waals surface area contributed by atoms with Crippen LogP contribution in [0.3, 0.4) is 0 Å². The highest BCUT2D eigenvalue weighted by molar-refractivity contribution is 5.70. The summed E-state index contributed by atoms with van der Waals surface area (Å²) in [7, 11) is 0. The molecule has 2 atom stereocenters. The Morgan fingerprint density at radius 3 is 2.50 bits per heavy atom. The van der Waals surface area contributed by atoms with E-state index in [1.807, 2.05) is 20.8 Å². The van der Waals surface area contributed by atoms with E-state index in [1.165, 1.54) is 0 Å². The van der Waals surface area contributed by atoms with Gasteiger partial charge in [-0.3, -0.25) is 4.79 Å². The van der Waals surface area contributed by atoms with Crippen LogP contribution in [-0.2, 0) is 14.3 Å². The number of likely N-dealkylation sites (tertiary alicyclic amines) is 1. The van der Waals surface area contributed by atoms with Crippen molar-refractivity contribution in [1.29, 1.82) is 0 Å². The Bertz CT molecular complexity index is 348.